The van der Waals surface area contributed by atoms with Gasteiger partial charge in [0.15, 0.2) is 11.6 Å². The first kappa shape index (κ1) is 79.5. The molecule has 0 aliphatic carbocycles. The Bertz CT molecular complexity index is 3490. The van der Waals surface area contributed by atoms with Crippen molar-refractivity contribution in [2.45, 2.75) is 236 Å². The van der Waals surface area contributed by atoms with Crippen LogP contribution in [0.15, 0.2) is 48.5 Å². The van der Waals surface area contributed by atoms with E-state index in [4.69, 9.17) is 77.8 Å². The molecule has 2 aliphatic rings. The quantitative estimate of drug-likeness (QED) is 0.0259. The molecule has 3 aromatic heterocycles. The van der Waals surface area contributed by atoms with Gasteiger partial charge in [-0.2, -0.15) is 0 Å². The van der Waals surface area contributed by atoms with E-state index in [1.54, 1.807) is 0 Å². The normalized spacial score (nSPS) is 11.6. The SMILES string of the molecule is CCCCOc1ccc(OCCCC)c2c1-c1nc3nc(nc4[n-]c(nc5[n-]c(nc-2n1)c1c(OCCCC)ccc(OCCCC)c51)c1c(OCCCC)ccc(OCCCC)c41)-c1c(OCCCC)ccc(OCCCC)c1-3.CC[Si]([O-])(CC)CC.CC[Si]([O-])(CC)CC.[Ge+4]. The summed E-state index contributed by atoms with van der Waals surface area (Å²) in [6.45, 7) is 33.1. The first-order valence-electron chi connectivity index (χ1n) is 36.6. The maximum Gasteiger partial charge on any atom is 4.00 e. The topological polar surface area (TPSA) is 225 Å². The van der Waals surface area contributed by atoms with Gasteiger partial charge in [-0.3, -0.25) is 0 Å². The van der Waals surface area contributed by atoms with Gasteiger partial charge >= 0.3 is 17.6 Å². The fourth-order valence-corrected chi connectivity index (χ4v) is 14.0. The molecule has 4 aromatic carbocycles. The molecule has 0 N–H and O–H groups in total. The second kappa shape index (κ2) is 40.6. The van der Waals surface area contributed by atoms with Crippen LogP contribution >= 0.6 is 0 Å². The van der Waals surface area contributed by atoms with Crippen LogP contribution in [0.4, 0.5) is 0 Å². The van der Waals surface area contributed by atoms with E-state index in [1.165, 1.54) is 0 Å². The average molecular weight is 1420 g/mol. The number of nitrogens with zero attached hydrogens (tertiary/aromatic N) is 8. The van der Waals surface area contributed by atoms with Crippen molar-refractivity contribution in [1.82, 2.24) is 39.9 Å². The minimum Gasteiger partial charge on any atom is -0.858 e. The Morgan fingerprint density at radius 3 is 0.629 bits per heavy atom. The van der Waals surface area contributed by atoms with E-state index in [2.05, 4.69) is 55.4 Å². The first-order valence-corrected chi connectivity index (χ1v) is 41.7. The Kier molecular flexibility index (Phi) is 33.3. The number of aromatic nitrogens is 8. The summed E-state index contributed by atoms with van der Waals surface area (Å²) in [7, 11) is -3.84. The van der Waals surface area contributed by atoms with Crippen LogP contribution in [0, 0.1) is 0 Å². The van der Waals surface area contributed by atoms with Crippen molar-refractivity contribution in [3.05, 3.63) is 48.5 Å². The molecular weight excluding hydrogens is 1310 g/mol. The van der Waals surface area contributed by atoms with Gasteiger partial charge in [-0.05, 0) is 117 Å². The fourth-order valence-electron chi connectivity index (χ4n) is 11.0. The van der Waals surface area contributed by atoms with Crippen molar-refractivity contribution in [1.29, 1.82) is 0 Å². The maximum absolute atomic E-state index is 11.3. The molecule has 0 spiro atoms. The van der Waals surface area contributed by atoms with Gasteiger partial charge in [-0.15, -0.1) is 0 Å². The van der Waals surface area contributed by atoms with Gasteiger partial charge in [0.25, 0.3) is 0 Å². The van der Waals surface area contributed by atoms with E-state index < -0.39 is 16.6 Å². The molecule has 0 amide bonds. The molecule has 5 heterocycles. The number of unbranched alkanes of at least 4 members (excludes halogenated alkanes) is 8. The van der Waals surface area contributed by atoms with Gasteiger partial charge in [-0.25, -0.2) is 15.0 Å². The number of benzene rings is 4. The summed E-state index contributed by atoms with van der Waals surface area (Å²) in [6.07, 6.45) is 14.3. The van der Waals surface area contributed by atoms with Crippen molar-refractivity contribution in [3.63, 3.8) is 0 Å². The summed E-state index contributed by atoms with van der Waals surface area (Å²) in [5, 5.41) is 2.49. The molecule has 0 radical (unpaired) electrons. The Balaban J connectivity index is 0.000000777. The Morgan fingerprint density at radius 1 is 0.268 bits per heavy atom. The Morgan fingerprint density at radius 2 is 0.443 bits per heavy atom. The van der Waals surface area contributed by atoms with Crippen LogP contribution in [0.25, 0.3) is 89.7 Å². The Hall–Kier alpha value is -6.46. The van der Waals surface area contributed by atoms with E-state index in [9.17, 15) is 9.59 Å². The summed E-state index contributed by atoms with van der Waals surface area (Å²) >= 11 is 0. The predicted octanol–water partition coefficient (Wildman–Crippen LogP) is 17.9. The molecule has 526 valence electrons. The molecule has 0 fully saturated rings. The summed E-state index contributed by atoms with van der Waals surface area (Å²) in [5.74, 6) is 5.99. The largest absolute Gasteiger partial charge is 4.00 e. The van der Waals surface area contributed by atoms with Crippen molar-refractivity contribution in [3.8, 4) is 91.5 Å². The molecule has 18 nitrogen and oxygen atoms in total. The molecule has 97 heavy (non-hydrogen) atoms. The van der Waals surface area contributed by atoms with Crippen molar-refractivity contribution < 1.29 is 47.5 Å². The number of fused-ring (bicyclic) bond motifs is 20. The molecule has 9 rings (SSSR count). The van der Waals surface area contributed by atoms with Crippen LogP contribution in [-0.2, 0) is 0 Å². The number of rotatable bonds is 38. The monoisotopic (exact) mass is 1420 g/mol. The molecule has 7 aromatic rings. The van der Waals surface area contributed by atoms with Gasteiger partial charge < -0.3 is 72.4 Å². The third-order valence-electron chi connectivity index (χ3n) is 17.9. The van der Waals surface area contributed by atoms with Gasteiger partial charge in [0.05, 0.1) is 86.8 Å². The number of hydrogen-bond acceptors (Lipinski definition) is 16. The predicted molar refractivity (Wildman–Crippen MR) is 397 cm³/mol. The second-order valence-corrected chi connectivity index (χ2v) is 33.8. The molecule has 21 heteroatoms. The zero-order valence-electron chi connectivity index (χ0n) is 61.0. The third kappa shape index (κ3) is 20.4. The maximum atomic E-state index is 11.3. The summed E-state index contributed by atoms with van der Waals surface area (Å²) in [6, 6.07) is 21.0. The first-order chi connectivity index (χ1) is 46.8. The Labute approximate surface area is 591 Å². The molecule has 8 bridgehead atoms. The molecular formula is C76H110GeN8O10Si2. The van der Waals surface area contributed by atoms with Crippen LogP contribution in [-0.4, -0.2) is 117 Å². The van der Waals surface area contributed by atoms with Crippen molar-refractivity contribution in [2.75, 3.05) is 52.9 Å². The number of ether oxygens (including phenoxy) is 8. The van der Waals surface area contributed by atoms with Crippen molar-refractivity contribution in [2.24, 2.45) is 0 Å². The van der Waals surface area contributed by atoms with Gasteiger partial charge in [0, 0.05) is 44.1 Å². The third-order valence-corrected chi connectivity index (χ3v) is 25.6. The van der Waals surface area contributed by atoms with Gasteiger partial charge in [0.2, 0.25) is 0 Å². The van der Waals surface area contributed by atoms with Gasteiger partial charge in [0.1, 0.15) is 46.0 Å². The van der Waals surface area contributed by atoms with E-state index in [1.807, 2.05) is 90.1 Å². The van der Waals surface area contributed by atoms with Crippen LogP contribution in [0.5, 0.6) is 46.0 Å². The van der Waals surface area contributed by atoms with Crippen LogP contribution in [0.3, 0.4) is 0 Å². The summed E-state index contributed by atoms with van der Waals surface area (Å²) in [5.41, 5.74) is 3.79. The smallest absolute Gasteiger partial charge is 0.858 e. The summed E-state index contributed by atoms with van der Waals surface area (Å²) < 4.78 is 53.4. The van der Waals surface area contributed by atoms with Crippen LogP contribution < -0.4 is 57.5 Å². The molecule has 0 saturated carbocycles. The van der Waals surface area contributed by atoms with E-state index in [0.29, 0.717) is 189 Å². The van der Waals surface area contributed by atoms with Gasteiger partial charge in [-0.1, -0.05) is 185 Å². The minimum absolute atomic E-state index is 0. The minimum atomic E-state index is -1.92. The zero-order chi connectivity index (χ0) is 69.0. The zero-order valence-corrected chi connectivity index (χ0v) is 65.1. The summed E-state index contributed by atoms with van der Waals surface area (Å²) in [4.78, 5) is 66.2. The van der Waals surface area contributed by atoms with E-state index in [0.717, 1.165) is 139 Å². The standard InChI is InChI=1S/C64H80N8O8.2C6H15OSi.Ge/c1-9-17-33-73-41-25-26-42(74-34-18-10-2)50-49(41)57-65-58(50)70-60-53-45(77-37-21-13-5)29-30-46(78-38-22-14-6)54(53)62(67-60)72-64-56-48(80-40-24-16-8)32-31-47(79-39-23-15-7)55(56)63(68-64)71-61-52-44(76-36-20-12-4)28-27-43(75-35-19-11-3)51(52)59(66-61)69-57;2*1-4-8(7,5-2)6-3;/h25-32H,9-24,33-40H2,1-8H3;2*4-6H2,1-3H3;/q-2;2*-1;+4. The molecule has 0 atom stereocenters. The van der Waals surface area contributed by atoms with Crippen LogP contribution in [0.1, 0.15) is 200 Å². The molecule has 2 aliphatic heterocycles. The molecule has 0 unspecified atom stereocenters. The van der Waals surface area contributed by atoms with Crippen LogP contribution in [0.2, 0.25) is 36.3 Å². The van der Waals surface area contributed by atoms with Crippen molar-refractivity contribution >= 4 is 78.4 Å². The second-order valence-electron chi connectivity index (χ2n) is 24.8. The van der Waals surface area contributed by atoms with E-state index >= 15 is 0 Å². The fraction of sp³-hybridized carbons (Fsp3) is 0.579. The molecule has 0 saturated heterocycles. The average Bonchev–Trinajstić information content (AvgIpc) is 1.59. The number of hydrogen-bond donors (Lipinski definition) is 0. The van der Waals surface area contributed by atoms with E-state index in [-0.39, 0.29) is 17.6 Å².